The fraction of sp³-hybridized carbons (Fsp3) is 0.176. The van der Waals surface area contributed by atoms with Gasteiger partial charge in [0.15, 0.2) is 0 Å². The Balaban J connectivity index is 1.51. The Morgan fingerprint density at radius 3 is 2.69 bits per heavy atom. The summed E-state index contributed by atoms with van der Waals surface area (Å²) in [5, 5.41) is 19.6. The molecule has 0 atom stereocenters. The quantitative estimate of drug-likeness (QED) is 0.673. The van der Waals surface area contributed by atoms with E-state index in [0.717, 1.165) is 5.56 Å². The summed E-state index contributed by atoms with van der Waals surface area (Å²) in [6, 6.07) is 6.22. The predicted octanol–water partition coefficient (Wildman–Crippen LogP) is 1.99. The smallest absolute Gasteiger partial charge is 0.338 e. The van der Waals surface area contributed by atoms with Crippen molar-refractivity contribution in [2.24, 2.45) is 0 Å². The second kappa shape index (κ2) is 7.60. The minimum atomic E-state index is -1.06. The number of benzene rings is 1. The molecule has 9 heteroatoms. The van der Waals surface area contributed by atoms with E-state index in [1.54, 1.807) is 23.0 Å². The lowest BCUT2D eigenvalue weighted by Gasteiger charge is -2.03. The largest absolute Gasteiger partial charge is 0.478 e. The van der Waals surface area contributed by atoms with Crippen LogP contribution >= 0.6 is 0 Å². The van der Waals surface area contributed by atoms with Gasteiger partial charge in [-0.15, -0.1) is 0 Å². The zero-order valence-corrected chi connectivity index (χ0v) is 13.7. The highest BCUT2D eigenvalue weighted by Gasteiger charge is 2.09. The number of amides is 1. The van der Waals surface area contributed by atoms with Crippen molar-refractivity contribution in [3.63, 3.8) is 0 Å². The molecule has 2 aromatic heterocycles. The number of carboxylic acids is 1. The van der Waals surface area contributed by atoms with Crippen LogP contribution in [0.5, 0.6) is 0 Å². The van der Waals surface area contributed by atoms with E-state index >= 15 is 0 Å². The van der Waals surface area contributed by atoms with Crippen LogP contribution < -0.4 is 5.32 Å². The first kappa shape index (κ1) is 17.3. The third kappa shape index (κ3) is 4.53. The normalized spacial score (nSPS) is 10.7. The Morgan fingerprint density at radius 2 is 1.96 bits per heavy atom. The standard InChI is InChI=1S/C17H16FN5O3/c18-14-3-1-2-12(6-14)9-23-11-15(8-20-23)21-16(24)4-5-22-10-13(7-19-22)17(25)26/h1-3,6-8,10-11H,4-5,9H2,(H,21,24)(H,25,26). The molecule has 0 fully saturated rings. The lowest BCUT2D eigenvalue weighted by atomic mass is 10.2. The minimum absolute atomic E-state index is 0.0732. The molecule has 0 unspecified atom stereocenters. The van der Waals surface area contributed by atoms with E-state index < -0.39 is 5.97 Å². The Bertz CT molecular complexity index is 934. The highest BCUT2D eigenvalue weighted by atomic mass is 19.1. The molecule has 26 heavy (non-hydrogen) atoms. The molecule has 0 aliphatic heterocycles. The predicted molar refractivity (Wildman–Crippen MR) is 90.2 cm³/mol. The maximum absolute atomic E-state index is 13.2. The van der Waals surface area contributed by atoms with Crippen molar-refractivity contribution < 1.29 is 19.1 Å². The van der Waals surface area contributed by atoms with Crippen LogP contribution in [0.3, 0.4) is 0 Å². The molecule has 0 saturated heterocycles. The molecule has 0 radical (unpaired) electrons. The van der Waals surface area contributed by atoms with Gasteiger partial charge in [-0.2, -0.15) is 10.2 Å². The van der Waals surface area contributed by atoms with Gasteiger partial charge >= 0.3 is 5.97 Å². The molecule has 0 spiro atoms. The third-order valence-corrected chi connectivity index (χ3v) is 3.60. The van der Waals surface area contributed by atoms with Crippen molar-refractivity contribution in [1.82, 2.24) is 19.6 Å². The fourth-order valence-electron chi connectivity index (χ4n) is 2.37. The number of aromatic carboxylic acids is 1. The van der Waals surface area contributed by atoms with Crippen molar-refractivity contribution in [3.05, 3.63) is 66.0 Å². The monoisotopic (exact) mass is 357 g/mol. The number of anilines is 1. The molecule has 0 bridgehead atoms. The number of hydrogen-bond acceptors (Lipinski definition) is 4. The van der Waals surface area contributed by atoms with Gasteiger partial charge < -0.3 is 10.4 Å². The summed E-state index contributed by atoms with van der Waals surface area (Å²) < 4.78 is 16.2. The molecular weight excluding hydrogens is 341 g/mol. The van der Waals surface area contributed by atoms with E-state index in [1.807, 2.05) is 0 Å². The van der Waals surface area contributed by atoms with Gasteiger partial charge in [-0.1, -0.05) is 12.1 Å². The average molecular weight is 357 g/mol. The lowest BCUT2D eigenvalue weighted by molar-refractivity contribution is -0.116. The first-order valence-electron chi connectivity index (χ1n) is 7.82. The summed E-state index contributed by atoms with van der Waals surface area (Å²) >= 11 is 0. The van der Waals surface area contributed by atoms with E-state index in [0.29, 0.717) is 12.2 Å². The zero-order chi connectivity index (χ0) is 18.5. The van der Waals surface area contributed by atoms with Crippen LogP contribution in [0.15, 0.2) is 49.1 Å². The molecule has 0 aliphatic carbocycles. The van der Waals surface area contributed by atoms with Gasteiger partial charge in [-0.3, -0.25) is 14.2 Å². The number of carbonyl (C=O) groups is 2. The van der Waals surface area contributed by atoms with Crippen molar-refractivity contribution in [2.45, 2.75) is 19.5 Å². The maximum atomic E-state index is 13.2. The van der Waals surface area contributed by atoms with E-state index in [4.69, 9.17) is 5.11 Å². The van der Waals surface area contributed by atoms with Crippen molar-refractivity contribution in [3.8, 4) is 0 Å². The third-order valence-electron chi connectivity index (χ3n) is 3.60. The molecule has 0 saturated carbocycles. The Kier molecular flexibility index (Phi) is 5.07. The van der Waals surface area contributed by atoms with Gasteiger partial charge in [-0.25, -0.2) is 9.18 Å². The molecule has 3 rings (SSSR count). The first-order chi connectivity index (χ1) is 12.5. The van der Waals surface area contributed by atoms with Gasteiger partial charge in [-0.05, 0) is 17.7 Å². The minimum Gasteiger partial charge on any atom is -0.478 e. The Morgan fingerprint density at radius 1 is 1.15 bits per heavy atom. The Hall–Kier alpha value is -3.49. The number of carbonyl (C=O) groups excluding carboxylic acids is 1. The van der Waals surface area contributed by atoms with Gasteiger partial charge in [0.05, 0.1) is 30.2 Å². The summed E-state index contributed by atoms with van der Waals surface area (Å²) in [5.41, 5.74) is 1.36. The average Bonchev–Trinajstić information content (AvgIpc) is 3.23. The van der Waals surface area contributed by atoms with E-state index in [1.165, 1.54) is 35.4 Å². The SMILES string of the molecule is O=C(CCn1cc(C(=O)O)cn1)Nc1cnn(Cc2cccc(F)c2)c1. The van der Waals surface area contributed by atoms with Crippen LogP contribution in [0.25, 0.3) is 0 Å². The molecule has 8 nitrogen and oxygen atoms in total. The molecule has 134 valence electrons. The maximum Gasteiger partial charge on any atom is 0.338 e. The Labute approximate surface area is 147 Å². The summed E-state index contributed by atoms with van der Waals surface area (Å²) in [6.45, 7) is 0.648. The van der Waals surface area contributed by atoms with Crippen LogP contribution in [-0.4, -0.2) is 36.5 Å². The number of nitrogens with zero attached hydrogens (tertiary/aromatic N) is 4. The number of halogens is 1. The first-order valence-corrected chi connectivity index (χ1v) is 7.82. The number of aryl methyl sites for hydroxylation is 1. The molecule has 1 amide bonds. The van der Waals surface area contributed by atoms with Crippen molar-refractivity contribution in [1.29, 1.82) is 0 Å². The second-order valence-electron chi connectivity index (χ2n) is 5.65. The summed E-state index contributed by atoms with van der Waals surface area (Å²) in [5.74, 6) is -1.62. The van der Waals surface area contributed by atoms with Gasteiger partial charge in [0, 0.05) is 25.4 Å². The highest BCUT2D eigenvalue weighted by molar-refractivity contribution is 5.90. The van der Waals surface area contributed by atoms with E-state index in [2.05, 4.69) is 15.5 Å². The van der Waals surface area contributed by atoms with E-state index in [-0.39, 0.29) is 30.3 Å². The molecule has 3 aromatic rings. The summed E-state index contributed by atoms with van der Waals surface area (Å²) in [4.78, 5) is 22.8. The lowest BCUT2D eigenvalue weighted by Crippen LogP contribution is -2.14. The highest BCUT2D eigenvalue weighted by Crippen LogP contribution is 2.10. The van der Waals surface area contributed by atoms with Crippen LogP contribution in [0.4, 0.5) is 10.1 Å². The molecule has 2 N–H and O–H groups in total. The number of hydrogen-bond donors (Lipinski definition) is 2. The zero-order valence-electron chi connectivity index (χ0n) is 13.7. The van der Waals surface area contributed by atoms with Crippen LogP contribution in [0.1, 0.15) is 22.3 Å². The molecule has 0 aliphatic rings. The molecule has 2 heterocycles. The number of aromatic nitrogens is 4. The topological polar surface area (TPSA) is 102 Å². The van der Waals surface area contributed by atoms with Crippen LogP contribution in [0.2, 0.25) is 0 Å². The fourth-order valence-corrected chi connectivity index (χ4v) is 2.37. The van der Waals surface area contributed by atoms with Crippen molar-refractivity contribution in [2.75, 3.05) is 5.32 Å². The van der Waals surface area contributed by atoms with Gasteiger partial charge in [0.1, 0.15) is 5.82 Å². The number of carboxylic acid groups (broad SMARTS) is 1. The summed E-state index contributed by atoms with van der Waals surface area (Å²) in [6.07, 6.45) is 5.89. The van der Waals surface area contributed by atoms with Gasteiger partial charge in [0.2, 0.25) is 5.91 Å². The molecular formula is C17H16FN5O3. The van der Waals surface area contributed by atoms with E-state index in [9.17, 15) is 14.0 Å². The van der Waals surface area contributed by atoms with Gasteiger partial charge in [0.25, 0.3) is 0 Å². The number of nitrogens with one attached hydrogen (secondary N) is 1. The van der Waals surface area contributed by atoms with Crippen molar-refractivity contribution >= 4 is 17.6 Å². The molecule has 1 aromatic carbocycles. The van der Waals surface area contributed by atoms with Crippen LogP contribution in [-0.2, 0) is 17.9 Å². The van der Waals surface area contributed by atoms with Crippen LogP contribution in [0, 0.1) is 5.82 Å². The number of rotatable bonds is 7. The summed E-state index contributed by atoms with van der Waals surface area (Å²) in [7, 11) is 0. The second-order valence-corrected chi connectivity index (χ2v) is 5.65.